The highest BCUT2D eigenvalue weighted by atomic mass is 16.7. The molecule has 1 aliphatic heterocycles. The Labute approximate surface area is 165 Å². The number of nitrogens with zero attached hydrogens (tertiary/aromatic N) is 2. The van der Waals surface area contributed by atoms with Crippen molar-refractivity contribution in [3.63, 3.8) is 0 Å². The maximum atomic E-state index is 5.89. The summed E-state index contributed by atoms with van der Waals surface area (Å²) in [5.41, 5.74) is 3.59. The smallest absolute Gasteiger partial charge is 0.231 e. The van der Waals surface area contributed by atoms with E-state index in [2.05, 4.69) is 46.3 Å². The van der Waals surface area contributed by atoms with Gasteiger partial charge in [0.15, 0.2) is 11.5 Å². The zero-order valence-electron chi connectivity index (χ0n) is 16.0. The molecule has 0 atom stereocenters. The predicted octanol–water partition coefficient (Wildman–Crippen LogP) is 4.41. The number of fused-ring (bicyclic) bond motifs is 1. The molecule has 0 unspecified atom stereocenters. The molecular weight excluding hydrogens is 352 g/mol. The van der Waals surface area contributed by atoms with E-state index in [-0.39, 0.29) is 6.79 Å². The van der Waals surface area contributed by atoms with E-state index in [0.717, 1.165) is 42.4 Å². The average molecular weight is 376 g/mol. The molecular formula is C23H24N2O3. The molecule has 0 amide bonds. The zero-order chi connectivity index (χ0) is 19.2. The van der Waals surface area contributed by atoms with Gasteiger partial charge in [-0.1, -0.05) is 30.3 Å². The highest BCUT2D eigenvalue weighted by molar-refractivity contribution is 5.51. The summed E-state index contributed by atoms with van der Waals surface area (Å²) in [7, 11) is 0. The summed E-state index contributed by atoms with van der Waals surface area (Å²) in [6, 6.07) is 18.6. The third kappa shape index (κ3) is 4.43. The normalized spacial score (nSPS) is 12.4. The van der Waals surface area contributed by atoms with Crippen molar-refractivity contribution in [3.8, 4) is 17.2 Å². The molecule has 28 heavy (non-hydrogen) atoms. The minimum absolute atomic E-state index is 0.259. The van der Waals surface area contributed by atoms with Crippen LogP contribution in [0.1, 0.15) is 23.6 Å². The van der Waals surface area contributed by atoms with Gasteiger partial charge in [0.1, 0.15) is 5.75 Å². The number of ether oxygens (including phenoxy) is 3. The van der Waals surface area contributed by atoms with E-state index < -0.39 is 0 Å². The lowest BCUT2D eigenvalue weighted by Crippen LogP contribution is -2.23. The second-order valence-electron chi connectivity index (χ2n) is 6.73. The molecule has 1 aliphatic rings. The Hall–Kier alpha value is -3.05. The van der Waals surface area contributed by atoms with Crippen LogP contribution in [-0.4, -0.2) is 23.3 Å². The lowest BCUT2D eigenvalue weighted by Gasteiger charge is -2.24. The number of pyridine rings is 1. The summed E-state index contributed by atoms with van der Waals surface area (Å²) >= 11 is 0. The van der Waals surface area contributed by atoms with Crippen molar-refractivity contribution in [2.45, 2.75) is 26.6 Å². The molecule has 3 aromatic rings. The van der Waals surface area contributed by atoms with Crippen LogP contribution in [0.25, 0.3) is 0 Å². The van der Waals surface area contributed by atoms with Crippen LogP contribution in [0.5, 0.6) is 17.2 Å². The molecule has 0 fully saturated rings. The zero-order valence-corrected chi connectivity index (χ0v) is 16.0. The minimum atomic E-state index is 0.259. The molecule has 0 radical (unpaired) electrons. The second-order valence-corrected chi connectivity index (χ2v) is 6.73. The average Bonchev–Trinajstić information content (AvgIpc) is 3.17. The first-order valence-corrected chi connectivity index (χ1v) is 9.52. The molecule has 0 spiro atoms. The molecule has 0 N–H and O–H groups in total. The maximum Gasteiger partial charge on any atom is 0.231 e. The third-order valence-corrected chi connectivity index (χ3v) is 4.65. The monoisotopic (exact) mass is 376 g/mol. The quantitative estimate of drug-likeness (QED) is 0.583. The SMILES string of the molecule is CCOc1cc2c(cc1CN(Cc1ccccc1)Cc1ccncc1)OCO2. The number of hydrogen-bond donors (Lipinski definition) is 0. The van der Waals surface area contributed by atoms with Gasteiger partial charge in [0, 0.05) is 43.7 Å². The van der Waals surface area contributed by atoms with Crippen molar-refractivity contribution in [3.05, 3.63) is 83.7 Å². The number of benzene rings is 2. The van der Waals surface area contributed by atoms with E-state index in [4.69, 9.17) is 14.2 Å². The van der Waals surface area contributed by atoms with Crippen LogP contribution in [0, 0.1) is 0 Å². The lowest BCUT2D eigenvalue weighted by atomic mass is 10.1. The largest absolute Gasteiger partial charge is 0.493 e. The van der Waals surface area contributed by atoms with Gasteiger partial charge in [-0.05, 0) is 36.2 Å². The van der Waals surface area contributed by atoms with Crippen molar-refractivity contribution >= 4 is 0 Å². The molecule has 0 saturated heterocycles. The predicted molar refractivity (Wildman–Crippen MR) is 107 cm³/mol. The van der Waals surface area contributed by atoms with Crippen LogP contribution in [0.4, 0.5) is 0 Å². The van der Waals surface area contributed by atoms with Crippen LogP contribution >= 0.6 is 0 Å². The molecule has 0 aliphatic carbocycles. The summed E-state index contributed by atoms with van der Waals surface area (Å²) in [4.78, 5) is 6.52. The van der Waals surface area contributed by atoms with E-state index in [1.165, 1.54) is 11.1 Å². The molecule has 144 valence electrons. The van der Waals surface area contributed by atoms with Crippen LogP contribution < -0.4 is 14.2 Å². The Morgan fingerprint density at radius 3 is 2.29 bits per heavy atom. The molecule has 1 aromatic heterocycles. The van der Waals surface area contributed by atoms with Crippen LogP contribution in [0.3, 0.4) is 0 Å². The van der Waals surface area contributed by atoms with Crippen molar-refractivity contribution < 1.29 is 14.2 Å². The van der Waals surface area contributed by atoms with Crippen molar-refractivity contribution in [1.82, 2.24) is 9.88 Å². The van der Waals surface area contributed by atoms with Gasteiger partial charge in [-0.15, -0.1) is 0 Å². The number of rotatable bonds is 8. The molecule has 4 rings (SSSR count). The van der Waals surface area contributed by atoms with Gasteiger partial charge in [-0.2, -0.15) is 0 Å². The van der Waals surface area contributed by atoms with Crippen molar-refractivity contribution in [1.29, 1.82) is 0 Å². The van der Waals surface area contributed by atoms with Gasteiger partial charge < -0.3 is 14.2 Å². The first-order valence-electron chi connectivity index (χ1n) is 9.52. The highest BCUT2D eigenvalue weighted by Crippen LogP contribution is 2.39. The van der Waals surface area contributed by atoms with Crippen LogP contribution in [0.15, 0.2) is 67.0 Å². The first kappa shape index (κ1) is 18.3. The van der Waals surface area contributed by atoms with Gasteiger partial charge in [0.25, 0.3) is 0 Å². The Balaban J connectivity index is 1.61. The highest BCUT2D eigenvalue weighted by Gasteiger charge is 2.20. The molecule has 5 nitrogen and oxygen atoms in total. The Morgan fingerprint density at radius 2 is 1.57 bits per heavy atom. The van der Waals surface area contributed by atoms with Gasteiger partial charge in [-0.25, -0.2) is 0 Å². The van der Waals surface area contributed by atoms with E-state index in [1.807, 2.05) is 37.5 Å². The molecule has 2 aromatic carbocycles. The van der Waals surface area contributed by atoms with E-state index >= 15 is 0 Å². The van der Waals surface area contributed by atoms with Gasteiger partial charge in [0.2, 0.25) is 6.79 Å². The Kier molecular flexibility index (Phi) is 5.73. The first-order chi connectivity index (χ1) is 13.8. The van der Waals surface area contributed by atoms with E-state index in [1.54, 1.807) is 0 Å². The van der Waals surface area contributed by atoms with Crippen molar-refractivity contribution in [2.24, 2.45) is 0 Å². The number of aromatic nitrogens is 1. The summed E-state index contributed by atoms with van der Waals surface area (Å²) in [6.07, 6.45) is 3.67. The maximum absolute atomic E-state index is 5.89. The van der Waals surface area contributed by atoms with Crippen LogP contribution in [-0.2, 0) is 19.6 Å². The Morgan fingerprint density at radius 1 is 0.893 bits per heavy atom. The van der Waals surface area contributed by atoms with E-state index in [9.17, 15) is 0 Å². The Bertz CT molecular complexity index is 859. The van der Waals surface area contributed by atoms with Crippen LogP contribution in [0.2, 0.25) is 0 Å². The van der Waals surface area contributed by atoms with Gasteiger partial charge in [0.05, 0.1) is 6.61 Å². The fourth-order valence-corrected chi connectivity index (χ4v) is 3.38. The molecule has 5 heteroatoms. The minimum Gasteiger partial charge on any atom is -0.493 e. The van der Waals surface area contributed by atoms with E-state index in [0.29, 0.717) is 6.61 Å². The summed E-state index contributed by atoms with van der Waals surface area (Å²) in [5, 5.41) is 0. The summed E-state index contributed by atoms with van der Waals surface area (Å²) in [5.74, 6) is 2.37. The standard InChI is InChI=1S/C23H24N2O3/c1-2-26-21-13-23-22(27-17-28-23)12-20(21)16-25(14-18-6-4-3-5-7-18)15-19-8-10-24-11-9-19/h3-13H,2,14-17H2,1H3. The molecule has 0 bridgehead atoms. The van der Waals surface area contributed by atoms with Gasteiger partial charge >= 0.3 is 0 Å². The second kappa shape index (κ2) is 8.76. The summed E-state index contributed by atoms with van der Waals surface area (Å²) in [6.45, 7) is 5.25. The van der Waals surface area contributed by atoms with Crippen molar-refractivity contribution in [2.75, 3.05) is 13.4 Å². The fourth-order valence-electron chi connectivity index (χ4n) is 3.38. The fraction of sp³-hybridized carbons (Fsp3) is 0.261. The molecule has 2 heterocycles. The lowest BCUT2D eigenvalue weighted by molar-refractivity contribution is 0.173. The third-order valence-electron chi connectivity index (χ3n) is 4.65. The van der Waals surface area contributed by atoms with Gasteiger partial charge in [-0.3, -0.25) is 9.88 Å². The summed E-state index contributed by atoms with van der Waals surface area (Å²) < 4.78 is 17.0. The topological polar surface area (TPSA) is 43.8 Å². The number of hydrogen-bond acceptors (Lipinski definition) is 5. The molecule has 0 saturated carbocycles.